The fourth-order valence-electron chi connectivity index (χ4n) is 0.958. The van der Waals surface area contributed by atoms with Crippen molar-refractivity contribution in [3.8, 4) is 0 Å². The summed E-state index contributed by atoms with van der Waals surface area (Å²) in [6, 6.07) is 0. The monoisotopic (exact) mass is 242 g/mol. The van der Waals surface area contributed by atoms with Crippen LogP contribution in [0.3, 0.4) is 0 Å². The molecule has 0 rings (SSSR count). The topological polar surface area (TPSA) is 44.8 Å². The van der Waals surface area contributed by atoms with Gasteiger partial charge >= 0.3 is 5.97 Å². The lowest BCUT2D eigenvalue weighted by Crippen LogP contribution is -2.12. The van der Waals surface area contributed by atoms with E-state index in [1.54, 1.807) is 6.92 Å². The molecule has 1 atom stereocenters. The van der Waals surface area contributed by atoms with Crippen LogP contribution < -0.4 is 0 Å². The minimum atomic E-state index is -0.350. The first-order valence-electron chi connectivity index (χ1n) is 5.68. The van der Waals surface area contributed by atoms with Crippen LogP contribution in [0.1, 0.15) is 33.6 Å². The lowest BCUT2D eigenvalue weighted by Gasteiger charge is -2.11. The highest BCUT2D eigenvalue weighted by atomic mass is 17.2. The molecule has 0 spiro atoms. The van der Waals surface area contributed by atoms with Crippen LogP contribution in [0.15, 0.2) is 24.3 Å². The summed E-state index contributed by atoms with van der Waals surface area (Å²) in [5, 5.41) is 0. The van der Waals surface area contributed by atoms with Gasteiger partial charge in [0.15, 0.2) is 0 Å². The first-order valence-corrected chi connectivity index (χ1v) is 5.68. The Balaban J connectivity index is 3.45. The van der Waals surface area contributed by atoms with Gasteiger partial charge in [-0.25, -0.2) is 14.6 Å². The average molecular weight is 242 g/mol. The fourth-order valence-corrected chi connectivity index (χ4v) is 0.958. The van der Waals surface area contributed by atoms with Crippen molar-refractivity contribution in [3.05, 3.63) is 24.3 Å². The average Bonchev–Trinajstić information content (AvgIpc) is 2.23. The predicted molar refractivity (Wildman–Crippen MR) is 66.3 cm³/mol. The standard InChI is InChI=1S/C13H22O4/c1-10(2)9-16-17-12(5)7-6-8-15-13(14)11(3)4/h12H,1,3,6-9H2,2,4-5H3. The Morgan fingerprint density at radius 1 is 1.29 bits per heavy atom. The van der Waals surface area contributed by atoms with Crippen LogP contribution >= 0.6 is 0 Å². The summed E-state index contributed by atoms with van der Waals surface area (Å²) in [7, 11) is 0. The van der Waals surface area contributed by atoms with E-state index < -0.39 is 0 Å². The Hall–Kier alpha value is -1.13. The molecule has 0 aromatic carbocycles. The molecular weight excluding hydrogens is 220 g/mol. The number of carbonyl (C=O) groups is 1. The first-order chi connectivity index (χ1) is 7.93. The van der Waals surface area contributed by atoms with Crippen LogP contribution in [0.2, 0.25) is 0 Å². The molecule has 0 aliphatic heterocycles. The number of ether oxygens (including phenoxy) is 1. The van der Waals surface area contributed by atoms with Crippen LogP contribution in [0.4, 0.5) is 0 Å². The zero-order valence-electron chi connectivity index (χ0n) is 11.0. The lowest BCUT2D eigenvalue weighted by molar-refractivity contribution is -0.315. The first kappa shape index (κ1) is 15.9. The second-order valence-electron chi connectivity index (χ2n) is 4.18. The Kier molecular flexibility index (Phi) is 8.36. The molecule has 0 aliphatic rings. The molecule has 0 aromatic heterocycles. The van der Waals surface area contributed by atoms with Crippen molar-refractivity contribution in [2.45, 2.75) is 39.7 Å². The molecule has 0 amide bonds. The largest absolute Gasteiger partial charge is 0.462 e. The second-order valence-corrected chi connectivity index (χ2v) is 4.18. The summed E-state index contributed by atoms with van der Waals surface area (Å²) >= 11 is 0. The molecule has 0 fully saturated rings. The van der Waals surface area contributed by atoms with E-state index in [1.807, 2.05) is 13.8 Å². The highest BCUT2D eigenvalue weighted by molar-refractivity contribution is 5.86. The number of carbonyl (C=O) groups excluding carboxylic acids is 1. The summed E-state index contributed by atoms with van der Waals surface area (Å²) in [4.78, 5) is 21.1. The van der Waals surface area contributed by atoms with Crippen molar-refractivity contribution in [1.29, 1.82) is 0 Å². The minimum absolute atomic E-state index is 0.0297. The Morgan fingerprint density at radius 3 is 2.47 bits per heavy atom. The summed E-state index contributed by atoms with van der Waals surface area (Å²) in [6.07, 6.45) is 1.47. The number of hydrogen-bond acceptors (Lipinski definition) is 4. The quantitative estimate of drug-likeness (QED) is 0.156. The summed E-state index contributed by atoms with van der Waals surface area (Å²) in [6.45, 7) is 13.4. The molecule has 4 nitrogen and oxygen atoms in total. The fraction of sp³-hybridized carbons (Fsp3) is 0.615. The van der Waals surface area contributed by atoms with Crippen LogP contribution in [0.25, 0.3) is 0 Å². The Bertz CT molecular complexity index is 271. The van der Waals surface area contributed by atoms with Crippen molar-refractivity contribution in [2.75, 3.05) is 13.2 Å². The van der Waals surface area contributed by atoms with Crippen molar-refractivity contribution in [1.82, 2.24) is 0 Å². The van der Waals surface area contributed by atoms with Gasteiger partial charge in [0.25, 0.3) is 0 Å². The molecule has 4 heteroatoms. The maximum Gasteiger partial charge on any atom is 0.333 e. The van der Waals surface area contributed by atoms with Crippen molar-refractivity contribution in [3.63, 3.8) is 0 Å². The Morgan fingerprint density at radius 2 is 1.94 bits per heavy atom. The molecule has 98 valence electrons. The SMILES string of the molecule is C=C(C)COOC(C)CCCOC(=O)C(=C)C. The van der Waals surface area contributed by atoms with Gasteiger partial charge in [-0.2, -0.15) is 0 Å². The zero-order chi connectivity index (χ0) is 13.3. The molecule has 0 saturated carbocycles. The molecular formula is C13H22O4. The highest BCUT2D eigenvalue weighted by Gasteiger charge is 2.06. The predicted octanol–water partition coefficient (Wildman–Crippen LogP) is 2.80. The van der Waals surface area contributed by atoms with Crippen LogP contribution in [0.5, 0.6) is 0 Å². The molecule has 0 aliphatic carbocycles. The molecule has 0 radical (unpaired) electrons. The van der Waals surface area contributed by atoms with E-state index in [4.69, 9.17) is 14.5 Å². The second kappa shape index (κ2) is 8.96. The normalized spacial score (nSPS) is 11.9. The maximum absolute atomic E-state index is 11.0. The van der Waals surface area contributed by atoms with Crippen LogP contribution in [0, 0.1) is 0 Å². The van der Waals surface area contributed by atoms with Gasteiger partial charge < -0.3 is 4.74 Å². The molecule has 0 N–H and O–H groups in total. The molecule has 0 heterocycles. The van der Waals surface area contributed by atoms with Gasteiger partial charge in [-0.1, -0.05) is 18.7 Å². The summed E-state index contributed by atoms with van der Waals surface area (Å²) in [5.74, 6) is -0.350. The van der Waals surface area contributed by atoms with Crippen LogP contribution in [-0.2, 0) is 19.3 Å². The third-order valence-electron chi connectivity index (χ3n) is 1.87. The lowest BCUT2D eigenvalue weighted by atomic mass is 10.2. The van der Waals surface area contributed by atoms with Crippen molar-refractivity contribution < 1.29 is 19.3 Å². The van der Waals surface area contributed by atoms with Gasteiger partial charge in [0.2, 0.25) is 0 Å². The van der Waals surface area contributed by atoms with Crippen LogP contribution in [-0.4, -0.2) is 25.3 Å². The number of hydrogen-bond donors (Lipinski definition) is 0. The zero-order valence-corrected chi connectivity index (χ0v) is 11.0. The van der Waals surface area contributed by atoms with E-state index >= 15 is 0 Å². The van der Waals surface area contributed by atoms with Gasteiger partial charge in [0.05, 0.1) is 12.7 Å². The molecule has 1 unspecified atom stereocenters. The van der Waals surface area contributed by atoms with Gasteiger partial charge in [0, 0.05) is 5.57 Å². The molecule has 0 aromatic rings. The smallest absolute Gasteiger partial charge is 0.333 e. The number of rotatable bonds is 9. The third-order valence-corrected chi connectivity index (χ3v) is 1.87. The van der Waals surface area contributed by atoms with Gasteiger partial charge in [-0.05, 0) is 33.6 Å². The van der Waals surface area contributed by atoms with E-state index in [0.717, 1.165) is 18.4 Å². The van der Waals surface area contributed by atoms with Crippen molar-refractivity contribution in [2.24, 2.45) is 0 Å². The number of esters is 1. The molecule has 17 heavy (non-hydrogen) atoms. The maximum atomic E-state index is 11.0. The van der Waals surface area contributed by atoms with E-state index in [1.165, 1.54) is 0 Å². The van der Waals surface area contributed by atoms with E-state index in [0.29, 0.717) is 18.8 Å². The van der Waals surface area contributed by atoms with E-state index in [-0.39, 0.29) is 12.1 Å². The van der Waals surface area contributed by atoms with E-state index in [2.05, 4.69) is 13.2 Å². The third kappa shape index (κ3) is 9.78. The van der Waals surface area contributed by atoms with Crippen molar-refractivity contribution >= 4 is 5.97 Å². The van der Waals surface area contributed by atoms with Gasteiger partial charge in [-0.3, -0.25) is 0 Å². The van der Waals surface area contributed by atoms with E-state index in [9.17, 15) is 4.79 Å². The highest BCUT2D eigenvalue weighted by Crippen LogP contribution is 2.04. The van der Waals surface area contributed by atoms with Gasteiger partial charge in [0.1, 0.15) is 6.61 Å². The molecule has 0 saturated heterocycles. The summed E-state index contributed by atoms with van der Waals surface area (Å²) < 4.78 is 4.95. The molecule has 0 bridgehead atoms. The summed E-state index contributed by atoms with van der Waals surface area (Å²) in [5.41, 5.74) is 1.33. The minimum Gasteiger partial charge on any atom is -0.462 e. The van der Waals surface area contributed by atoms with Gasteiger partial charge in [-0.15, -0.1) is 0 Å². The Labute approximate surface area is 103 Å².